The molecule has 0 bridgehead atoms. The molecule has 2 heterocycles. The normalized spacial score (nSPS) is 38.6. The van der Waals surface area contributed by atoms with Crippen molar-refractivity contribution in [3.63, 3.8) is 0 Å². The minimum atomic E-state index is 0.885. The molecule has 1 nitrogen and oxygen atoms in total. The third-order valence-corrected chi connectivity index (χ3v) is 2.97. The molecule has 0 saturated carbocycles. The van der Waals surface area contributed by atoms with Crippen LogP contribution in [0, 0.1) is 5.92 Å². The molecule has 0 aliphatic carbocycles. The first-order valence-electron chi connectivity index (χ1n) is 4.75. The third-order valence-electron chi connectivity index (χ3n) is 2.97. The minimum Gasteiger partial charge on any atom is -0.296 e. The summed E-state index contributed by atoms with van der Waals surface area (Å²) in [4.78, 5) is 2.63. The minimum absolute atomic E-state index is 0.885. The maximum atomic E-state index is 2.63. The van der Waals surface area contributed by atoms with Crippen LogP contribution in [-0.2, 0) is 0 Å². The lowest BCUT2D eigenvalue weighted by atomic mass is 9.91. The Bertz CT molecular complexity index is 162. The first kappa shape index (κ1) is 7.35. The molecule has 62 valence electrons. The van der Waals surface area contributed by atoms with Gasteiger partial charge in [0.15, 0.2) is 0 Å². The van der Waals surface area contributed by atoms with E-state index in [9.17, 15) is 0 Å². The second-order valence-corrected chi connectivity index (χ2v) is 4.00. The topological polar surface area (TPSA) is 3.24 Å². The molecule has 2 aliphatic heterocycles. The fraction of sp³-hybridized carbons (Fsp3) is 0.800. The molecular formula is C10H17N. The summed E-state index contributed by atoms with van der Waals surface area (Å²) in [6, 6.07) is 0.885. The summed E-state index contributed by atoms with van der Waals surface area (Å²) in [6.07, 6.45) is 8.82. The van der Waals surface area contributed by atoms with Crippen LogP contribution in [0.15, 0.2) is 12.2 Å². The molecule has 2 aliphatic rings. The second-order valence-electron chi connectivity index (χ2n) is 4.00. The highest BCUT2D eigenvalue weighted by Gasteiger charge is 2.25. The molecule has 0 spiro atoms. The number of fused-ring (bicyclic) bond motifs is 1. The molecule has 1 fully saturated rings. The van der Waals surface area contributed by atoms with Crippen LogP contribution in [0.2, 0.25) is 0 Å². The summed E-state index contributed by atoms with van der Waals surface area (Å²) < 4.78 is 0. The van der Waals surface area contributed by atoms with Gasteiger partial charge in [-0.3, -0.25) is 4.90 Å². The van der Waals surface area contributed by atoms with E-state index in [0.29, 0.717) is 0 Å². The van der Waals surface area contributed by atoms with Crippen molar-refractivity contribution >= 4 is 0 Å². The van der Waals surface area contributed by atoms with Crippen LogP contribution in [-0.4, -0.2) is 24.0 Å². The molecule has 2 unspecified atom stereocenters. The van der Waals surface area contributed by atoms with E-state index in [4.69, 9.17) is 0 Å². The Balaban J connectivity index is 2.00. The second kappa shape index (κ2) is 2.98. The van der Waals surface area contributed by atoms with Gasteiger partial charge in [0.25, 0.3) is 0 Å². The molecule has 0 amide bonds. The smallest absolute Gasteiger partial charge is 0.0166 e. The Kier molecular flexibility index (Phi) is 1.99. The van der Waals surface area contributed by atoms with Crippen LogP contribution in [0.25, 0.3) is 0 Å². The molecule has 1 heteroatoms. The molecule has 11 heavy (non-hydrogen) atoms. The van der Waals surface area contributed by atoms with E-state index in [-0.39, 0.29) is 0 Å². The van der Waals surface area contributed by atoms with Crippen molar-refractivity contribution in [3.05, 3.63) is 12.2 Å². The summed E-state index contributed by atoms with van der Waals surface area (Å²) in [7, 11) is 0. The Labute approximate surface area is 69.1 Å². The molecule has 2 rings (SSSR count). The van der Waals surface area contributed by atoms with Crippen LogP contribution in [0.4, 0.5) is 0 Å². The Morgan fingerprint density at radius 3 is 3.09 bits per heavy atom. The van der Waals surface area contributed by atoms with E-state index >= 15 is 0 Å². The standard InChI is InChI=1S/C10H17N/c1-9-5-6-10-4-2-3-7-11(10)8-9/h2-3,9-10H,4-8H2,1H3. The van der Waals surface area contributed by atoms with Gasteiger partial charge < -0.3 is 0 Å². The highest BCUT2D eigenvalue weighted by atomic mass is 15.2. The molecule has 2 atom stereocenters. The fourth-order valence-corrected chi connectivity index (χ4v) is 2.25. The van der Waals surface area contributed by atoms with Crippen molar-refractivity contribution in [1.29, 1.82) is 0 Å². The first-order valence-corrected chi connectivity index (χ1v) is 4.75. The van der Waals surface area contributed by atoms with Gasteiger partial charge in [0.2, 0.25) is 0 Å². The average molecular weight is 151 g/mol. The molecule has 1 saturated heterocycles. The maximum absolute atomic E-state index is 2.63. The van der Waals surface area contributed by atoms with Gasteiger partial charge in [-0.2, -0.15) is 0 Å². The van der Waals surface area contributed by atoms with Crippen molar-refractivity contribution < 1.29 is 0 Å². The van der Waals surface area contributed by atoms with E-state index in [2.05, 4.69) is 24.0 Å². The number of piperidine rings is 1. The zero-order chi connectivity index (χ0) is 7.68. The van der Waals surface area contributed by atoms with Gasteiger partial charge in [-0.1, -0.05) is 19.1 Å². The van der Waals surface area contributed by atoms with Crippen molar-refractivity contribution in [2.75, 3.05) is 13.1 Å². The van der Waals surface area contributed by atoms with E-state index in [1.165, 1.54) is 32.4 Å². The van der Waals surface area contributed by atoms with Crippen molar-refractivity contribution in [1.82, 2.24) is 4.90 Å². The molecule has 0 aromatic rings. The maximum Gasteiger partial charge on any atom is 0.0166 e. The van der Waals surface area contributed by atoms with Gasteiger partial charge in [0.05, 0.1) is 0 Å². The molecular weight excluding hydrogens is 134 g/mol. The Morgan fingerprint density at radius 1 is 1.27 bits per heavy atom. The van der Waals surface area contributed by atoms with Crippen LogP contribution in [0.1, 0.15) is 26.2 Å². The Morgan fingerprint density at radius 2 is 2.18 bits per heavy atom. The Hall–Kier alpha value is -0.300. The zero-order valence-corrected chi connectivity index (χ0v) is 7.29. The van der Waals surface area contributed by atoms with Crippen molar-refractivity contribution in [2.45, 2.75) is 32.2 Å². The van der Waals surface area contributed by atoms with Crippen LogP contribution in [0.3, 0.4) is 0 Å². The first-order chi connectivity index (χ1) is 5.36. The largest absolute Gasteiger partial charge is 0.296 e. The lowest BCUT2D eigenvalue weighted by molar-refractivity contribution is 0.123. The van der Waals surface area contributed by atoms with Crippen molar-refractivity contribution in [2.24, 2.45) is 5.92 Å². The number of hydrogen-bond acceptors (Lipinski definition) is 1. The number of rotatable bonds is 0. The van der Waals surface area contributed by atoms with Gasteiger partial charge >= 0.3 is 0 Å². The summed E-state index contributed by atoms with van der Waals surface area (Å²) in [6.45, 7) is 4.90. The van der Waals surface area contributed by atoms with Crippen molar-refractivity contribution in [3.8, 4) is 0 Å². The predicted molar refractivity (Wildman–Crippen MR) is 47.5 cm³/mol. The lowest BCUT2D eigenvalue weighted by Crippen LogP contribution is -2.43. The van der Waals surface area contributed by atoms with Crippen LogP contribution in [0.5, 0.6) is 0 Å². The van der Waals surface area contributed by atoms with E-state index < -0.39 is 0 Å². The average Bonchev–Trinajstić information content (AvgIpc) is 2.04. The molecule has 0 aromatic carbocycles. The summed E-state index contributed by atoms with van der Waals surface area (Å²) in [5.41, 5.74) is 0. The SMILES string of the molecule is CC1CCC2CC=CCN2C1. The predicted octanol–water partition coefficient (Wildman–Crippen LogP) is 2.05. The van der Waals surface area contributed by atoms with Crippen LogP contribution >= 0.6 is 0 Å². The lowest BCUT2D eigenvalue weighted by Gasteiger charge is -2.39. The quantitative estimate of drug-likeness (QED) is 0.479. The summed E-state index contributed by atoms with van der Waals surface area (Å²) in [5, 5.41) is 0. The van der Waals surface area contributed by atoms with Gasteiger partial charge in [0, 0.05) is 19.1 Å². The fourth-order valence-electron chi connectivity index (χ4n) is 2.25. The summed E-state index contributed by atoms with van der Waals surface area (Å²) in [5.74, 6) is 0.928. The van der Waals surface area contributed by atoms with Crippen LogP contribution < -0.4 is 0 Å². The number of hydrogen-bond donors (Lipinski definition) is 0. The molecule has 0 N–H and O–H groups in total. The van der Waals surface area contributed by atoms with Gasteiger partial charge in [-0.15, -0.1) is 0 Å². The van der Waals surface area contributed by atoms with E-state index in [0.717, 1.165) is 12.0 Å². The van der Waals surface area contributed by atoms with E-state index in [1.807, 2.05) is 0 Å². The highest BCUT2D eigenvalue weighted by Crippen LogP contribution is 2.25. The number of nitrogens with zero attached hydrogens (tertiary/aromatic N) is 1. The highest BCUT2D eigenvalue weighted by molar-refractivity contribution is 4.98. The third kappa shape index (κ3) is 1.48. The molecule has 0 radical (unpaired) electrons. The zero-order valence-electron chi connectivity index (χ0n) is 7.29. The van der Waals surface area contributed by atoms with Gasteiger partial charge in [0.1, 0.15) is 0 Å². The monoisotopic (exact) mass is 151 g/mol. The summed E-state index contributed by atoms with van der Waals surface area (Å²) >= 11 is 0. The van der Waals surface area contributed by atoms with Gasteiger partial charge in [-0.05, 0) is 25.2 Å². The van der Waals surface area contributed by atoms with Gasteiger partial charge in [-0.25, -0.2) is 0 Å². The van der Waals surface area contributed by atoms with E-state index in [1.54, 1.807) is 0 Å². The molecule has 0 aromatic heterocycles.